The number of allylic oxidation sites excluding steroid dienone is 15. The number of esters is 1. The second-order valence-corrected chi connectivity index (χ2v) is 16.3. The summed E-state index contributed by atoms with van der Waals surface area (Å²) in [6.45, 7) is 3.67. The van der Waals surface area contributed by atoms with Crippen LogP contribution in [0.2, 0.25) is 0 Å². The second kappa shape index (κ2) is 39.6. The van der Waals surface area contributed by atoms with Crippen LogP contribution in [0.25, 0.3) is 0 Å². The number of carbonyl (C=O) groups is 1. The van der Waals surface area contributed by atoms with Gasteiger partial charge in [0.15, 0.2) is 6.29 Å². The molecule has 1 rings (SSSR count). The highest BCUT2D eigenvalue weighted by Crippen LogP contribution is 2.26. The predicted octanol–water partition coefficient (Wildman–Crippen LogP) is 9.85. The fourth-order valence-electron chi connectivity index (χ4n) is 6.28. The minimum Gasteiger partial charge on any atom is -0.457 e. The molecule has 0 saturated carbocycles. The summed E-state index contributed by atoms with van der Waals surface area (Å²) in [5, 5.41) is 30.7. The van der Waals surface area contributed by atoms with E-state index in [0.29, 0.717) is 13.0 Å². The topological polar surface area (TPSA) is 178 Å². The fourth-order valence-corrected chi connectivity index (χ4v) is 6.79. The number of hydrogen-bond donors (Lipinski definition) is 4. The Bertz CT molecular complexity index is 1450. The number of ether oxygens (including phenoxy) is 4. The molecule has 0 radical (unpaired) electrons. The number of rotatable bonds is 38. The first-order valence-corrected chi connectivity index (χ1v) is 24.4. The Morgan fingerprint density at radius 2 is 1.11 bits per heavy atom. The van der Waals surface area contributed by atoms with Crippen molar-refractivity contribution in [2.45, 2.75) is 179 Å². The Morgan fingerprint density at radius 1 is 0.629 bits per heavy atom. The van der Waals surface area contributed by atoms with Crippen LogP contribution in [-0.4, -0.2) is 97.5 Å². The molecule has 4 N–H and O–H groups in total. The van der Waals surface area contributed by atoms with Gasteiger partial charge >= 0.3 is 16.4 Å². The smallest absolute Gasteiger partial charge is 0.397 e. The summed E-state index contributed by atoms with van der Waals surface area (Å²) >= 11 is 0. The van der Waals surface area contributed by atoms with Crippen molar-refractivity contribution in [1.29, 1.82) is 0 Å². The lowest BCUT2D eigenvalue weighted by atomic mass is 9.99. The normalized spacial score (nSPS) is 20.9. The lowest BCUT2D eigenvalue weighted by molar-refractivity contribution is -0.301. The molecule has 0 amide bonds. The molecule has 1 fully saturated rings. The third-order valence-corrected chi connectivity index (χ3v) is 10.2. The molecule has 0 aliphatic carbocycles. The lowest BCUT2D eigenvalue weighted by Gasteiger charge is -2.41. The van der Waals surface area contributed by atoms with Crippen molar-refractivity contribution in [3.63, 3.8) is 0 Å². The van der Waals surface area contributed by atoms with E-state index in [-0.39, 0.29) is 19.6 Å². The molecule has 62 heavy (non-hydrogen) atoms. The Labute approximate surface area is 374 Å². The van der Waals surface area contributed by atoms with Crippen LogP contribution in [0, 0.1) is 0 Å². The summed E-state index contributed by atoms with van der Waals surface area (Å²) < 4.78 is 58.9. The molecule has 0 aromatic rings. The maximum Gasteiger partial charge on any atom is 0.397 e. The van der Waals surface area contributed by atoms with Crippen LogP contribution in [0.5, 0.6) is 0 Å². The summed E-state index contributed by atoms with van der Waals surface area (Å²) in [6.07, 6.45) is 44.7. The van der Waals surface area contributed by atoms with E-state index in [2.05, 4.69) is 97.0 Å². The third-order valence-electron chi connectivity index (χ3n) is 9.72. The zero-order chi connectivity index (χ0) is 45.4. The second-order valence-electron chi connectivity index (χ2n) is 15.3. The first kappa shape index (κ1) is 57.0. The van der Waals surface area contributed by atoms with Crippen LogP contribution in [0.15, 0.2) is 97.2 Å². The number of carbonyl (C=O) groups excluding carboxylic acids is 1. The number of aliphatic hydroxyl groups is 3. The molecule has 0 aromatic carbocycles. The van der Waals surface area contributed by atoms with Gasteiger partial charge in [-0.15, -0.1) is 0 Å². The van der Waals surface area contributed by atoms with Crippen LogP contribution in [0.3, 0.4) is 0 Å². The quantitative estimate of drug-likeness (QED) is 0.0200. The molecule has 12 nitrogen and oxygen atoms in total. The Hall–Kier alpha value is -2.98. The molecular weight excluding hydrogens is 813 g/mol. The van der Waals surface area contributed by atoms with Crippen molar-refractivity contribution in [1.82, 2.24) is 0 Å². The van der Waals surface area contributed by atoms with E-state index in [4.69, 9.17) is 23.5 Å². The van der Waals surface area contributed by atoms with Gasteiger partial charge in [-0.3, -0.25) is 9.35 Å². The largest absolute Gasteiger partial charge is 0.457 e. The number of aliphatic hydroxyl groups excluding tert-OH is 3. The van der Waals surface area contributed by atoms with Crippen molar-refractivity contribution in [2.75, 3.05) is 26.4 Å². The predicted molar refractivity (Wildman–Crippen MR) is 248 cm³/mol. The van der Waals surface area contributed by atoms with Crippen LogP contribution in [0.1, 0.15) is 142 Å². The SMILES string of the molecule is CC/C=C\C/C=C\C/C=C\C/C=C\C/C=C\CC(=O)OC(COCCCCCCCCC/C=C\C/C=C\C/C=C\CCCCC)COC1OC(CO)C(O)C(OS(=O)(=O)O)C1O. The monoisotopic (exact) mass is 893 g/mol. The maximum atomic E-state index is 12.8. The fraction of sp³-hybridized carbons (Fsp3) is 0.653. The molecule has 1 heterocycles. The van der Waals surface area contributed by atoms with Gasteiger partial charge in [0.1, 0.15) is 30.5 Å². The van der Waals surface area contributed by atoms with Crippen LogP contribution < -0.4 is 0 Å². The summed E-state index contributed by atoms with van der Waals surface area (Å²) in [5.41, 5.74) is 0. The van der Waals surface area contributed by atoms with Crippen molar-refractivity contribution in [2.24, 2.45) is 0 Å². The van der Waals surface area contributed by atoms with E-state index >= 15 is 0 Å². The standard InChI is InChI=1S/C49H80O12S/c1-3-5-7-9-11-13-15-17-19-20-21-22-23-25-27-29-31-33-35-37-39-57-41-43(42-58-49-47(53)48(61-62(54,55)56)46(52)44(40-50)60-49)59-45(51)38-36-34-32-30-28-26-24-18-16-14-12-10-8-6-4-2/h6,8,11-14,17-19,21-22,24,28,30,34,36,43-44,46-50,52-53H,3-5,7,9-10,15-16,20,23,25-27,29,31-33,35,37-42H2,1-2H3,(H,54,55,56)/b8-6-,13-11-,14-12-,19-17-,22-21-,24-18-,30-28-,36-34-. The van der Waals surface area contributed by atoms with Crippen LogP contribution in [-0.2, 0) is 38.3 Å². The van der Waals surface area contributed by atoms with Crippen molar-refractivity contribution in [3.05, 3.63) is 97.2 Å². The Kier molecular flexibility index (Phi) is 36.4. The van der Waals surface area contributed by atoms with Crippen molar-refractivity contribution >= 4 is 16.4 Å². The van der Waals surface area contributed by atoms with Gasteiger partial charge in [-0.2, -0.15) is 8.42 Å². The minimum absolute atomic E-state index is 0.000617. The van der Waals surface area contributed by atoms with Crippen LogP contribution >= 0.6 is 0 Å². The molecule has 1 saturated heterocycles. The molecule has 0 bridgehead atoms. The van der Waals surface area contributed by atoms with Crippen molar-refractivity contribution in [3.8, 4) is 0 Å². The minimum atomic E-state index is -5.08. The molecular formula is C49H80O12S. The van der Waals surface area contributed by atoms with E-state index in [1.807, 2.05) is 12.2 Å². The molecule has 6 unspecified atom stereocenters. The van der Waals surface area contributed by atoms with E-state index in [0.717, 1.165) is 70.6 Å². The molecule has 13 heteroatoms. The highest BCUT2D eigenvalue weighted by molar-refractivity contribution is 7.80. The van der Waals surface area contributed by atoms with E-state index in [1.165, 1.54) is 44.9 Å². The average Bonchev–Trinajstić information content (AvgIpc) is 3.24. The van der Waals surface area contributed by atoms with Crippen molar-refractivity contribution < 1.29 is 56.2 Å². The van der Waals surface area contributed by atoms with Gasteiger partial charge in [0.25, 0.3) is 0 Å². The summed E-state index contributed by atoms with van der Waals surface area (Å²) in [7, 11) is -5.08. The lowest BCUT2D eigenvalue weighted by Crippen LogP contribution is -2.60. The van der Waals surface area contributed by atoms with Crippen LogP contribution in [0.4, 0.5) is 0 Å². The molecule has 6 atom stereocenters. The molecule has 1 aliphatic heterocycles. The van der Waals surface area contributed by atoms with Gasteiger partial charge in [0, 0.05) is 6.61 Å². The molecule has 354 valence electrons. The van der Waals surface area contributed by atoms with Gasteiger partial charge in [0.2, 0.25) is 0 Å². The molecule has 0 aromatic heterocycles. The zero-order valence-corrected chi connectivity index (χ0v) is 38.5. The molecule has 1 aliphatic rings. The Balaban J connectivity index is 2.48. The third kappa shape index (κ3) is 32.7. The summed E-state index contributed by atoms with van der Waals surface area (Å²) in [6, 6.07) is 0. The van der Waals surface area contributed by atoms with E-state index < -0.39 is 59.8 Å². The van der Waals surface area contributed by atoms with Gasteiger partial charge in [0.05, 0.1) is 26.2 Å². The Morgan fingerprint density at radius 3 is 1.63 bits per heavy atom. The molecule has 0 spiro atoms. The van der Waals surface area contributed by atoms with Gasteiger partial charge in [-0.05, 0) is 77.0 Å². The van der Waals surface area contributed by atoms with E-state index in [9.17, 15) is 28.5 Å². The van der Waals surface area contributed by atoms with Gasteiger partial charge in [-0.1, -0.05) is 156 Å². The average molecular weight is 893 g/mol. The zero-order valence-electron chi connectivity index (χ0n) is 37.6. The maximum absolute atomic E-state index is 12.8. The number of unbranched alkanes of at least 4 members (excludes halogenated alkanes) is 10. The highest BCUT2D eigenvalue weighted by atomic mass is 32.3. The first-order chi connectivity index (χ1) is 30.1. The highest BCUT2D eigenvalue weighted by Gasteiger charge is 2.48. The van der Waals surface area contributed by atoms with E-state index in [1.54, 1.807) is 6.08 Å². The first-order valence-electron chi connectivity index (χ1n) is 23.0. The van der Waals surface area contributed by atoms with Gasteiger partial charge < -0.3 is 34.3 Å². The summed E-state index contributed by atoms with van der Waals surface area (Å²) in [4.78, 5) is 12.8. The van der Waals surface area contributed by atoms with Gasteiger partial charge in [-0.25, -0.2) is 4.18 Å². The summed E-state index contributed by atoms with van der Waals surface area (Å²) in [5.74, 6) is -0.534. The number of hydrogen-bond acceptors (Lipinski definition) is 11.